The minimum atomic E-state index is 0.572. The Morgan fingerprint density at radius 3 is 2.94 bits per heavy atom. The number of hydrogen-bond donors (Lipinski definition) is 2. The van der Waals surface area contributed by atoms with Gasteiger partial charge in [-0.1, -0.05) is 12.1 Å². The second-order valence-corrected chi connectivity index (χ2v) is 8.42. The van der Waals surface area contributed by atoms with Gasteiger partial charge in [0, 0.05) is 41.7 Å². The van der Waals surface area contributed by atoms with Crippen molar-refractivity contribution in [2.45, 2.75) is 32.2 Å². The van der Waals surface area contributed by atoms with Gasteiger partial charge in [0.2, 0.25) is 5.95 Å². The molecular weight excluding hydrogens is 414 g/mol. The zero-order chi connectivity index (χ0) is 22.4. The number of rotatable bonds is 6. The predicted octanol–water partition coefficient (Wildman–Crippen LogP) is 4.17. The number of aromatic nitrogens is 7. The fraction of sp³-hybridized carbons (Fsp3) is 0.208. The standard InChI is InChI=1S/C24H21N9/c1-15-12-33-23(27-15)9-20(28-24(33)29-22-8-21(30-31-22)18-5-6-18)19-11-26-32(14-19)13-17-4-2-3-16(7-17)10-25/h2-4,7-9,11-12,14,18H,5-6,13H2,1H3,(H2,28,29,30,31). The topological polar surface area (TPSA) is 113 Å². The zero-order valence-electron chi connectivity index (χ0n) is 18.0. The number of nitrogens with one attached hydrogen (secondary N) is 2. The summed E-state index contributed by atoms with van der Waals surface area (Å²) in [4.78, 5) is 9.49. The van der Waals surface area contributed by atoms with Crippen LogP contribution in [-0.2, 0) is 6.54 Å². The number of hydrogen-bond acceptors (Lipinski definition) is 6. The van der Waals surface area contributed by atoms with E-state index in [1.54, 1.807) is 12.3 Å². The van der Waals surface area contributed by atoms with E-state index in [4.69, 9.17) is 10.2 Å². The van der Waals surface area contributed by atoms with E-state index in [1.807, 2.05) is 52.7 Å². The average molecular weight is 435 g/mol. The Morgan fingerprint density at radius 1 is 1.18 bits per heavy atom. The van der Waals surface area contributed by atoms with Crippen LogP contribution in [0.25, 0.3) is 16.9 Å². The van der Waals surface area contributed by atoms with Crippen molar-refractivity contribution in [3.8, 4) is 17.3 Å². The van der Waals surface area contributed by atoms with Crippen molar-refractivity contribution in [2.24, 2.45) is 0 Å². The number of aryl methyl sites for hydroxylation is 1. The lowest BCUT2D eigenvalue weighted by Crippen LogP contribution is -2.03. The number of H-pyrrole nitrogens is 1. The molecule has 33 heavy (non-hydrogen) atoms. The summed E-state index contributed by atoms with van der Waals surface area (Å²) in [7, 11) is 0. The highest BCUT2D eigenvalue weighted by molar-refractivity contribution is 5.66. The molecule has 0 aliphatic heterocycles. The van der Waals surface area contributed by atoms with E-state index in [2.05, 4.69) is 37.7 Å². The molecule has 0 atom stereocenters. The van der Waals surface area contributed by atoms with E-state index in [1.165, 1.54) is 12.8 Å². The maximum absolute atomic E-state index is 9.13. The van der Waals surface area contributed by atoms with Gasteiger partial charge in [0.05, 0.1) is 35.8 Å². The van der Waals surface area contributed by atoms with Crippen LogP contribution in [0.5, 0.6) is 0 Å². The monoisotopic (exact) mass is 435 g/mol. The molecule has 0 saturated heterocycles. The highest BCUT2D eigenvalue weighted by Crippen LogP contribution is 2.39. The molecule has 0 amide bonds. The van der Waals surface area contributed by atoms with Crippen molar-refractivity contribution in [3.63, 3.8) is 0 Å². The van der Waals surface area contributed by atoms with Crippen molar-refractivity contribution < 1.29 is 0 Å². The van der Waals surface area contributed by atoms with E-state index >= 15 is 0 Å². The first kappa shape index (κ1) is 19.3. The van der Waals surface area contributed by atoms with Crippen LogP contribution in [0, 0.1) is 18.3 Å². The molecule has 162 valence electrons. The smallest absolute Gasteiger partial charge is 0.215 e. The van der Waals surface area contributed by atoms with E-state index in [-0.39, 0.29) is 0 Å². The van der Waals surface area contributed by atoms with E-state index in [9.17, 15) is 0 Å². The summed E-state index contributed by atoms with van der Waals surface area (Å²) in [5, 5.41) is 24.5. The Morgan fingerprint density at radius 2 is 2.09 bits per heavy atom. The van der Waals surface area contributed by atoms with Crippen LogP contribution >= 0.6 is 0 Å². The summed E-state index contributed by atoms with van der Waals surface area (Å²) in [5.41, 5.74) is 6.18. The molecule has 6 rings (SSSR count). The predicted molar refractivity (Wildman–Crippen MR) is 123 cm³/mol. The summed E-state index contributed by atoms with van der Waals surface area (Å²) in [6.07, 6.45) is 8.13. The molecule has 1 fully saturated rings. The van der Waals surface area contributed by atoms with E-state index in [0.717, 1.165) is 39.7 Å². The van der Waals surface area contributed by atoms with Gasteiger partial charge in [0.1, 0.15) is 5.65 Å². The normalized spacial score (nSPS) is 13.3. The third kappa shape index (κ3) is 3.83. The highest BCUT2D eigenvalue weighted by atomic mass is 15.3. The van der Waals surface area contributed by atoms with Gasteiger partial charge in [-0.15, -0.1) is 0 Å². The van der Waals surface area contributed by atoms with Crippen LogP contribution in [0.2, 0.25) is 0 Å². The van der Waals surface area contributed by atoms with E-state index in [0.29, 0.717) is 24.0 Å². The van der Waals surface area contributed by atoms with Crippen molar-refractivity contribution in [1.82, 2.24) is 34.3 Å². The second-order valence-electron chi connectivity index (χ2n) is 8.42. The van der Waals surface area contributed by atoms with Gasteiger partial charge in [0.25, 0.3) is 0 Å². The van der Waals surface area contributed by atoms with E-state index < -0.39 is 0 Å². The van der Waals surface area contributed by atoms with Crippen molar-refractivity contribution in [3.05, 3.63) is 77.5 Å². The Bertz CT molecular complexity index is 1510. The average Bonchev–Trinajstić information content (AvgIpc) is 3.19. The molecule has 0 unspecified atom stereocenters. The van der Waals surface area contributed by atoms with Crippen molar-refractivity contribution in [1.29, 1.82) is 5.26 Å². The fourth-order valence-electron chi connectivity index (χ4n) is 3.97. The van der Waals surface area contributed by atoms with Gasteiger partial charge in [-0.2, -0.15) is 15.5 Å². The summed E-state index contributed by atoms with van der Waals surface area (Å²) < 4.78 is 3.78. The van der Waals surface area contributed by atoms with Gasteiger partial charge in [0.15, 0.2) is 5.82 Å². The Hall–Kier alpha value is -4.45. The van der Waals surface area contributed by atoms with Crippen LogP contribution in [0.3, 0.4) is 0 Å². The minimum Gasteiger partial charge on any atom is -0.308 e. The lowest BCUT2D eigenvalue weighted by Gasteiger charge is -2.08. The van der Waals surface area contributed by atoms with Gasteiger partial charge in [-0.05, 0) is 37.5 Å². The number of aromatic amines is 1. The molecule has 0 spiro atoms. The van der Waals surface area contributed by atoms with Crippen LogP contribution in [0.1, 0.15) is 41.3 Å². The Balaban J connectivity index is 1.32. The Kier molecular flexibility index (Phi) is 4.43. The molecule has 9 nitrogen and oxygen atoms in total. The number of anilines is 2. The fourth-order valence-corrected chi connectivity index (χ4v) is 3.97. The number of imidazole rings is 1. The lowest BCUT2D eigenvalue weighted by molar-refractivity contribution is 0.687. The van der Waals surface area contributed by atoms with Gasteiger partial charge >= 0.3 is 0 Å². The molecule has 9 heteroatoms. The summed E-state index contributed by atoms with van der Waals surface area (Å²) in [5.74, 6) is 1.98. The highest BCUT2D eigenvalue weighted by Gasteiger charge is 2.25. The molecule has 1 aliphatic carbocycles. The van der Waals surface area contributed by atoms with Crippen molar-refractivity contribution in [2.75, 3.05) is 5.32 Å². The largest absolute Gasteiger partial charge is 0.308 e. The zero-order valence-corrected chi connectivity index (χ0v) is 18.0. The number of nitrogens with zero attached hydrogens (tertiary/aromatic N) is 7. The Labute approximate surface area is 189 Å². The van der Waals surface area contributed by atoms with Gasteiger partial charge in [-0.3, -0.25) is 14.2 Å². The summed E-state index contributed by atoms with van der Waals surface area (Å²) in [6.45, 7) is 2.53. The summed E-state index contributed by atoms with van der Waals surface area (Å²) >= 11 is 0. The van der Waals surface area contributed by atoms with Gasteiger partial charge in [-0.25, -0.2) is 9.97 Å². The SMILES string of the molecule is Cc1cn2c(Nc3cc(C4CC4)[nH]n3)nc(-c3cnn(Cc4cccc(C#N)c4)c3)cc2n1. The third-order valence-corrected chi connectivity index (χ3v) is 5.76. The van der Waals surface area contributed by atoms with Gasteiger partial charge < -0.3 is 5.32 Å². The molecule has 1 aliphatic rings. The molecule has 1 aromatic carbocycles. The second kappa shape index (κ2) is 7.60. The quantitative estimate of drug-likeness (QED) is 0.414. The minimum absolute atomic E-state index is 0.572. The van der Waals surface area contributed by atoms with Crippen molar-refractivity contribution >= 4 is 17.4 Å². The maximum atomic E-state index is 9.13. The molecule has 0 radical (unpaired) electrons. The lowest BCUT2D eigenvalue weighted by atomic mass is 10.1. The first-order valence-corrected chi connectivity index (χ1v) is 10.9. The van der Waals surface area contributed by atoms with Crippen LogP contribution in [0.4, 0.5) is 11.8 Å². The molecule has 5 aromatic rings. The first-order valence-electron chi connectivity index (χ1n) is 10.9. The number of benzene rings is 1. The molecule has 2 N–H and O–H groups in total. The molecule has 4 heterocycles. The van der Waals surface area contributed by atoms with Crippen LogP contribution in [-0.4, -0.2) is 34.3 Å². The number of nitriles is 1. The molecule has 4 aromatic heterocycles. The maximum Gasteiger partial charge on any atom is 0.215 e. The number of fused-ring (bicyclic) bond motifs is 1. The summed E-state index contributed by atoms with van der Waals surface area (Å²) in [6, 6.07) is 13.7. The molecule has 0 bridgehead atoms. The molecule has 1 saturated carbocycles. The molecular formula is C24H21N9. The first-order chi connectivity index (χ1) is 16.1. The third-order valence-electron chi connectivity index (χ3n) is 5.76. The van der Waals surface area contributed by atoms with Crippen LogP contribution < -0.4 is 5.32 Å². The van der Waals surface area contributed by atoms with Crippen LogP contribution in [0.15, 0.2) is 55.0 Å².